The van der Waals surface area contributed by atoms with Crippen LogP contribution in [-0.4, -0.2) is 19.1 Å². The highest BCUT2D eigenvalue weighted by molar-refractivity contribution is 5.82. The fourth-order valence-corrected chi connectivity index (χ4v) is 4.93. The van der Waals surface area contributed by atoms with Gasteiger partial charge in [-0.05, 0) is 87.3 Å². The number of hydrogen-bond acceptors (Lipinski definition) is 4. The monoisotopic (exact) mass is 519 g/mol. The number of nitrogens with one attached hydrogen (secondary N) is 1. The number of para-hydroxylation sites is 1. The zero-order chi connectivity index (χ0) is 27.3. The number of rotatable bonds is 13. The summed E-state index contributed by atoms with van der Waals surface area (Å²) in [4.78, 5) is 24.7. The Kier molecular flexibility index (Phi) is 8.70. The van der Waals surface area contributed by atoms with Crippen LogP contribution in [0.1, 0.15) is 69.9 Å². The second kappa shape index (κ2) is 12.0. The van der Waals surface area contributed by atoms with Crippen molar-refractivity contribution < 1.29 is 18.3 Å². The fourth-order valence-electron chi connectivity index (χ4n) is 4.93. The Morgan fingerprint density at radius 3 is 2.68 bits per heavy atom. The molecule has 202 valence electrons. The minimum atomic E-state index is -1.62. The number of aryl methyl sites for hydroxylation is 1. The van der Waals surface area contributed by atoms with Crippen molar-refractivity contribution in [3.63, 3.8) is 0 Å². The number of carbonyl (C=O) groups excluding carboxylic acids is 1. The average molecular weight is 520 g/mol. The molecular formula is C32H38FNO4. The van der Waals surface area contributed by atoms with Crippen LogP contribution in [0.5, 0.6) is 5.75 Å². The summed E-state index contributed by atoms with van der Waals surface area (Å²) in [5, 5.41) is 3.41. The number of benzene rings is 2. The summed E-state index contributed by atoms with van der Waals surface area (Å²) >= 11 is 0. The van der Waals surface area contributed by atoms with Crippen molar-refractivity contribution in [1.82, 2.24) is 5.32 Å². The molecule has 1 unspecified atom stereocenters. The van der Waals surface area contributed by atoms with E-state index in [9.17, 15) is 9.59 Å². The quantitative estimate of drug-likeness (QED) is 0.189. The summed E-state index contributed by atoms with van der Waals surface area (Å²) < 4.78 is 28.7. The molecule has 1 heterocycles. The molecule has 1 fully saturated rings. The van der Waals surface area contributed by atoms with Gasteiger partial charge in [0.05, 0.1) is 17.6 Å². The molecule has 0 aliphatic heterocycles. The maximum atomic E-state index is 16.3. The molecule has 3 aromatic rings. The Bertz CT molecular complexity index is 1370. The number of alkyl halides is 1. The third kappa shape index (κ3) is 6.01. The molecule has 1 saturated carbocycles. The Hall–Kier alpha value is -3.41. The van der Waals surface area contributed by atoms with E-state index in [0.717, 1.165) is 44.1 Å². The molecule has 2 aromatic carbocycles. The maximum absolute atomic E-state index is 16.3. The summed E-state index contributed by atoms with van der Waals surface area (Å²) in [5.74, 6) is 0.850. The molecule has 1 aliphatic carbocycles. The van der Waals surface area contributed by atoms with Crippen molar-refractivity contribution in [3.05, 3.63) is 76.0 Å². The third-order valence-corrected chi connectivity index (χ3v) is 7.26. The molecule has 5 nitrogen and oxygen atoms in total. The third-order valence-electron chi connectivity index (χ3n) is 7.26. The first-order chi connectivity index (χ1) is 18.3. The maximum Gasteiger partial charge on any atom is 0.219 e. The summed E-state index contributed by atoms with van der Waals surface area (Å²) in [6.45, 7) is 10.7. The zero-order valence-electron chi connectivity index (χ0n) is 22.7. The molecule has 4 rings (SSSR count). The van der Waals surface area contributed by atoms with E-state index < -0.39 is 5.67 Å². The summed E-state index contributed by atoms with van der Waals surface area (Å²) in [6.07, 6.45) is 5.42. The number of hydrogen-bond donors (Lipinski definition) is 1. The van der Waals surface area contributed by atoms with Crippen molar-refractivity contribution in [2.45, 2.75) is 71.4 Å². The molecule has 0 bridgehead atoms. The summed E-state index contributed by atoms with van der Waals surface area (Å²) in [6, 6.07) is 12.2. The van der Waals surface area contributed by atoms with Gasteiger partial charge in [0.1, 0.15) is 17.1 Å². The first-order valence-corrected chi connectivity index (χ1v) is 13.7. The minimum absolute atomic E-state index is 0.0727. The topological polar surface area (TPSA) is 68.5 Å². The zero-order valence-corrected chi connectivity index (χ0v) is 22.7. The van der Waals surface area contributed by atoms with Crippen LogP contribution in [-0.2, 0) is 10.5 Å². The van der Waals surface area contributed by atoms with Crippen LogP contribution < -0.4 is 15.5 Å². The van der Waals surface area contributed by atoms with Crippen molar-refractivity contribution in [2.24, 2.45) is 5.92 Å². The van der Waals surface area contributed by atoms with Crippen LogP contribution in [0, 0.1) is 12.8 Å². The van der Waals surface area contributed by atoms with Crippen LogP contribution >= 0.6 is 0 Å². The Morgan fingerprint density at radius 1 is 1.18 bits per heavy atom. The second-order valence-electron chi connectivity index (χ2n) is 10.4. The van der Waals surface area contributed by atoms with Gasteiger partial charge in [0.25, 0.3) is 0 Å². The van der Waals surface area contributed by atoms with Gasteiger partial charge in [0.15, 0.2) is 11.1 Å². The van der Waals surface area contributed by atoms with Crippen LogP contribution in [0.15, 0.2) is 63.8 Å². The van der Waals surface area contributed by atoms with Gasteiger partial charge in [-0.15, -0.1) is 0 Å². The molecule has 1 aliphatic rings. The normalized spacial score (nSPS) is 14.7. The molecule has 1 aromatic heterocycles. The highest BCUT2D eigenvalue weighted by Crippen LogP contribution is 2.53. The number of halogens is 1. The van der Waals surface area contributed by atoms with Crippen LogP contribution in [0.4, 0.5) is 4.39 Å². The van der Waals surface area contributed by atoms with Crippen LogP contribution in [0.2, 0.25) is 0 Å². The number of amides is 1. The second-order valence-corrected chi connectivity index (χ2v) is 10.4. The lowest BCUT2D eigenvalue weighted by atomic mass is 9.84. The Morgan fingerprint density at radius 2 is 1.97 bits per heavy atom. The van der Waals surface area contributed by atoms with Crippen molar-refractivity contribution in [1.29, 1.82) is 0 Å². The molecule has 1 atom stereocenters. The first-order valence-electron chi connectivity index (χ1n) is 13.7. The van der Waals surface area contributed by atoms with Gasteiger partial charge < -0.3 is 14.5 Å². The van der Waals surface area contributed by atoms with Gasteiger partial charge >= 0.3 is 0 Å². The molecule has 1 N–H and O–H groups in total. The lowest BCUT2D eigenvalue weighted by Gasteiger charge is -2.27. The molecule has 6 heteroatoms. The number of carbonyl (C=O) groups is 1. The van der Waals surface area contributed by atoms with Gasteiger partial charge in [-0.3, -0.25) is 9.59 Å². The summed E-state index contributed by atoms with van der Waals surface area (Å²) in [7, 11) is 0. The fraction of sp³-hybridized carbons (Fsp3) is 0.438. The van der Waals surface area contributed by atoms with Crippen LogP contribution in [0.25, 0.3) is 22.3 Å². The van der Waals surface area contributed by atoms with E-state index in [2.05, 4.69) is 11.9 Å². The van der Waals surface area contributed by atoms with E-state index in [1.165, 1.54) is 6.07 Å². The predicted octanol–water partition coefficient (Wildman–Crippen LogP) is 7.38. The number of fused-ring (bicyclic) bond motifs is 1. The smallest absolute Gasteiger partial charge is 0.219 e. The number of allylic oxidation sites excluding steroid dienone is 1. The highest BCUT2D eigenvalue weighted by Gasteiger charge is 2.48. The largest absolute Gasteiger partial charge is 0.493 e. The molecule has 38 heavy (non-hydrogen) atoms. The number of unbranched alkanes of at least 4 members (excludes halogenated alkanes) is 2. The van der Waals surface area contributed by atoms with Gasteiger partial charge in [-0.25, -0.2) is 4.39 Å². The standard InChI is InChI=1S/C32H38FNO4/c1-5-17-34-30(36)12-7-6-8-18-37-28-19-24(32(33,21(2)3)23-13-14-23)15-16-26(28)29-20-27(35)25-11-9-10-22(4)31(25)38-29/h9-11,15-16,19-20,23H,2,5-8,12-14,17-18H2,1,3-4H3,(H,34,36). The van der Waals surface area contributed by atoms with Gasteiger partial charge in [0, 0.05) is 24.9 Å². The predicted molar refractivity (Wildman–Crippen MR) is 150 cm³/mol. The van der Waals surface area contributed by atoms with E-state index >= 15 is 4.39 Å². The summed E-state index contributed by atoms with van der Waals surface area (Å²) in [5.41, 5.74) is 1.24. The Labute approximate surface area is 224 Å². The SMILES string of the molecule is C=C(C)C(F)(c1ccc(-c2cc(=O)c3cccc(C)c3o2)c(OCCCCCC(=O)NCCC)c1)C1CC1. The van der Waals surface area contributed by atoms with E-state index in [4.69, 9.17) is 9.15 Å². The van der Waals surface area contributed by atoms with E-state index in [1.54, 1.807) is 31.2 Å². The highest BCUT2D eigenvalue weighted by atomic mass is 19.1. The van der Waals surface area contributed by atoms with E-state index in [-0.39, 0.29) is 17.3 Å². The van der Waals surface area contributed by atoms with Crippen LogP contribution in [0.3, 0.4) is 0 Å². The molecule has 0 spiro atoms. The van der Waals surface area contributed by atoms with Gasteiger partial charge in [-0.1, -0.05) is 31.7 Å². The minimum Gasteiger partial charge on any atom is -0.493 e. The van der Waals surface area contributed by atoms with E-state index in [0.29, 0.717) is 58.8 Å². The Balaban J connectivity index is 1.59. The van der Waals surface area contributed by atoms with Crippen molar-refractivity contribution in [2.75, 3.05) is 13.2 Å². The van der Waals surface area contributed by atoms with Gasteiger partial charge in [0.2, 0.25) is 5.91 Å². The average Bonchev–Trinajstić information content (AvgIpc) is 3.75. The first kappa shape index (κ1) is 27.6. The molecule has 0 saturated heterocycles. The van der Waals surface area contributed by atoms with Gasteiger partial charge in [-0.2, -0.15) is 0 Å². The lowest BCUT2D eigenvalue weighted by molar-refractivity contribution is -0.121. The molecular weight excluding hydrogens is 481 g/mol. The van der Waals surface area contributed by atoms with Crippen molar-refractivity contribution in [3.8, 4) is 17.1 Å². The lowest BCUT2D eigenvalue weighted by Crippen LogP contribution is -2.24. The molecule has 0 radical (unpaired) electrons. The van der Waals surface area contributed by atoms with E-state index in [1.807, 2.05) is 26.0 Å². The molecule has 1 amide bonds. The van der Waals surface area contributed by atoms with Crippen molar-refractivity contribution >= 4 is 16.9 Å². The number of ether oxygens (including phenoxy) is 1.